The third-order valence-electron chi connectivity index (χ3n) is 3.49. The van der Waals surface area contributed by atoms with Crippen molar-refractivity contribution in [1.82, 2.24) is 0 Å². The van der Waals surface area contributed by atoms with E-state index in [9.17, 15) is 0 Å². The number of hydrogen-bond acceptors (Lipinski definition) is 0. The van der Waals surface area contributed by atoms with Gasteiger partial charge in [-0.25, -0.2) is 0 Å². The maximum absolute atomic E-state index is 2.37. The summed E-state index contributed by atoms with van der Waals surface area (Å²) in [6.07, 6.45) is 2.57. The molecule has 13 heavy (non-hydrogen) atoms. The average Bonchev–Trinajstić information content (AvgIpc) is 2.17. The molecule has 0 nitrogen and oxygen atoms in total. The highest BCUT2D eigenvalue weighted by Crippen LogP contribution is 2.44. The summed E-state index contributed by atoms with van der Waals surface area (Å²) in [4.78, 5) is 0. The number of fused-ring (bicyclic) bond motifs is 3. The van der Waals surface area contributed by atoms with Crippen molar-refractivity contribution in [2.45, 2.75) is 45.4 Å². The smallest absolute Gasteiger partial charge is 0.00932 e. The Kier molecular flexibility index (Phi) is 2.15. The first-order chi connectivity index (χ1) is 6.27. The lowest BCUT2D eigenvalue weighted by Gasteiger charge is -2.33. The first-order valence-corrected chi connectivity index (χ1v) is 5.38. The van der Waals surface area contributed by atoms with Crippen molar-refractivity contribution in [2.75, 3.05) is 0 Å². The maximum atomic E-state index is 2.37. The van der Waals surface area contributed by atoms with Crippen molar-refractivity contribution in [2.24, 2.45) is 0 Å². The molecule has 0 amide bonds. The molecule has 2 aliphatic carbocycles. The molecule has 3 rings (SSSR count). The molecule has 70 valence electrons. The molecule has 1 aromatic rings. The minimum Gasteiger partial charge on any atom is -0.0648 e. The lowest BCUT2D eigenvalue weighted by atomic mass is 9.71. The van der Waals surface area contributed by atoms with Crippen LogP contribution in [-0.2, 0) is 0 Å². The highest BCUT2D eigenvalue weighted by atomic mass is 14.3. The largest absolute Gasteiger partial charge is 0.0648 e. The van der Waals surface area contributed by atoms with Gasteiger partial charge in [0.25, 0.3) is 0 Å². The summed E-state index contributed by atoms with van der Waals surface area (Å²) in [6.45, 7) is 6.86. The van der Waals surface area contributed by atoms with E-state index in [1.54, 1.807) is 11.1 Å². The molecular weight excluding hydrogens is 156 g/mol. The van der Waals surface area contributed by atoms with Gasteiger partial charge in [0, 0.05) is 0 Å². The SMILES string of the molecule is CCC1c2ccc(c(C)c2)C1CC. The van der Waals surface area contributed by atoms with Gasteiger partial charge in [-0.2, -0.15) is 0 Å². The second-order valence-corrected chi connectivity index (χ2v) is 4.15. The third kappa shape index (κ3) is 1.20. The van der Waals surface area contributed by atoms with Crippen molar-refractivity contribution < 1.29 is 0 Å². The van der Waals surface area contributed by atoms with E-state index in [4.69, 9.17) is 0 Å². The molecule has 0 fully saturated rings. The van der Waals surface area contributed by atoms with Crippen molar-refractivity contribution in [3.63, 3.8) is 0 Å². The molecule has 2 atom stereocenters. The van der Waals surface area contributed by atoms with E-state index in [0.29, 0.717) is 0 Å². The molecule has 0 radical (unpaired) electrons. The fourth-order valence-corrected chi connectivity index (χ4v) is 2.82. The van der Waals surface area contributed by atoms with Crippen LogP contribution < -0.4 is 0 Å². The van der Waals surface area contributed by atoms with Crippen LogP contribution in [0.1, 0.15) is 55.2 Å². The van der Waals surface area contributed by atoms with Crippen LogP contribution >= 0.6 is 0 Å². The zero-order valence-corrected chi connectivity index (χ0v) is 8.80. The molecule has 1 aromatic carbocycles. The highest BCUT2D eigenvalue weighted by Gasteiger charge is 2.27. The van der Waals surface area contributed by atoms with E-state index in [0.717, 1.165) is 11.8 Å². The van der Waals surface area contributed by atoms with E-state index >= 15 is 0 Å². The Morgan fingerprint density at radius 2 is 1.77 bits per heavy atom. The topological polar surface area (TPSA) is 0 Å². The number of hydrogen-bond donors (Lipinski definition) is 0. The highest BCUT2D eigenvalue weighted by molar-refractivity contribution is 5.42. The quantitative estimate of drug-likeness (QED) is 0.635. The molecule has 0 aliphatic heterocycles. The van der Waals surface area contributed by atoms with E-state index < -0.39 is 0 Å². The summed E-state index contributed by atoms with van der Waals surface area (Å²) in [7, 11) is 0. The molecule has 2 unspecified atom stereocenters. The predicted octanol–water partition coefficient (Wildman–Crippen LogP) is 4.00. The Balaban J connectivity index is 2.48. The average molecular weight is 174 g/mol. The molecule has 0 aromatic heterocycles. The number of benzene rings is 1. The van der Waals surface area contributed by atoms with Gasteiger partial charge < -0.3 is 0 Å². The van der Waals surface area contributed by atoms with E-state index in [2.05, 4.69) is 39.0 Å². The summed E-state index contributed by atoms with van der Waals surface area (Å²) < 4.78 is 0. The van der Waals surface area contributed by atoms with Gasteiger partial charge in [0.1, 0.15) is 0 Å². The van der Waals surface area contributed by atoms with E-state index in [1.165, 1.54) is 18.4 Å². The molecule has 0 saturated carbocycles. The normalized spacial score (nSPS) is 25.2. The van der Waals surface area contributed by atoms with Gasteiger partial charge in [-0.05, 0) is 48.3 Å². The lowest BCUT2D eigenvalue weighted by molar-refractivity contribution is 0.494. The molecule has 0 saturated heterocycles. The predicted molar refractivity (Wildman–Crippen MR) is 57.2 cm³/mol. The minimum atomic E-state index is 0.800. The minimum absolute atomic E-state index is 0.800. The number of aryl methyl sites for hydroxylation is 1. The second kappa shape index (κ2) is 3.17. The molecule has 0 N–H and O–H groups in total. The molecule has 0 heteroatoms. The van der Waals surface area contributed by atoms with Crippen molar-refractivity contribution in [3.8, 4) is 0 Å². The van der Waals surface area contributed by atoms with Crippen LogP contribution in [0.15, 0.2) is 18.2 Å². The molecule has 2 bridgehead atoms. The number of rotatable bonds is 2. The molecule has 2 aliphatic rings. The van der Waals surface area contributed by atoms with Gasteiger partial charge in [-0.15, -0.1) is 0 Å². The van der Waals surface area contributed by atoms with Crippen LogP contribution in [0.3, 0.4) is 0 Å². The van der Waals surface area contributed by atoms with Crippen molar-refractivity contribution in [1.29, 1.82) is 0 Å². The van der Waals surface area contributed by atoms with Gasteiger partial charge in [-0.3, -0.25) is 0 Å². The van der Waals surface area contributed by atoms with Crippen LogP contribution in [0.5, 0.6) is 0 Å². The molecule has 0 heterocycles. The Morgan fingerprint density at radius 3 is 2.31 bits per heavy atom. The zero-order valence-electron chi connectivity index (χ0n) is 8.80. The summed E-state index contributed by atoms with van der Waals surface area (Å²) in [5, 5.41) is 0. The third-order valence-corrected chi connectivity index (χ3v) is 3.49. The fraction of sp³-hybridized carbons (Fsp3) is 0.538. The first kappa shape index (κ1) is 8.80. The summed E-state index contributed by atoms with van der Waals surface area (Å²) in [5.41, 5.74) is 4.64. The van der Waals surface area contributed by atoms with Crippen LogP contribution in [0.2, 0.25) is 0 Å². The van der Waals surface area contributed by atoms with Gasteiger partial charge in [-0.1, -0.05) is 32.0 Å². The monoisotopic (exact) mass is 174 g/mol. The van der Waals surface area contributed by atoms with Gasteiger partial charge in [0.15, 0.2) is 0 Å². The van der Waals surface area contributed by atoms with Crippen LogP contribution in [0, 0.1) is 6.92 Å². The van der Waals surface area contributed by atoms with Crippen molar-refractivity contribution >= 4 is 0 Å². The summed E-state index contributed by atoms with van der Waals surface area (Å²) >= 11 is 0. The second-order valence-electron chi connectivity index (χ2n) is 4.15. The van der Waals surface area contributed by atoms with Gasteiger partial charge >= 0.3 is 0 Å². The molecular formula is C13H18. The Hall–Kier alpha value is -0.780. The Morgan fingerprint density at radius 1 is 1.08 bits per heavy atom. The molecule has 0 spiro atoms. The summed E-state index contributed by atoms with van der Waals surface area (Å²) in [5.74, 6) is 1.60. The standard InChI is InChI=1S/C13H18/c1-4-11-10-6-7-13(9(3)8-10)12(11)5-2/h6-8,11-12H,4-5H2,1-3H3. The first-order valence-electron chi connectivity index (χ1n) is 5.38. The van der Waals surface area contributed by atoms with E-state index in [-0.39, 0.29) is 0 Å². The Bertz CT molecular complexity index is 312. The lowest BCUT2D eigenvalue weighted by Crippen LogP contribution is -2.16. The van der Waals surface area contributed by atoms with Crippen LogP contribution in [-0.4, -0.2) is 0 Å². The zero-order chi connectivity index (χ0) is 9.42. The van der Waals surface area contributed by atoms with E-state index in [1.807, 2.05) is 0 Å². The Labute approximate surface area is 81.0 Å². The maximum Gasteiger partial charge on any atom is -0.00932 e. The van der Waals surface area contributed by atoms with Crippen LogP contribution in [0.4, 0.5) is 0 Å². The van der Waals surface area contributed by atoms with Gasteiger partial charge in [0.2, 0.25) is 0 Å². The van der Waals surface area contributed by atoms with Crippen LogP contribution in [0.25, 0.3) is 0 Å². The van der Waals surface area contributed by atoms with Gasteiger partial charge in [0.05, 0.1) is 0 Å². The van der Waals surface area contributed by atoms with Crippen molar-refractivity contribution in [3.05, 3.63) is 34.9 Å². The summed E-state index contributed by atoms with van der Waals surface area (Å²) in [6, 6.07) is 7.00. The fourth-order valence-electron chi connectivity index (χ4n) is 2.82.